The van der Waals surface area contributed by atoms with Crippen molar-refractivity contribution in [3.05, 3.63) is 22.6 Å². The highest BCUT2D eigenvalue weighted by atomic mass is 16.3. The van der Waals surface area contributed by atoms with E-state index in [0.717, 1.165) is 25.2 Å². The van der Waals surface area contributed by atoms with Gasteiger partial charge in [0.15, 0.2) is 0 Å². The third-order valence-corrected chi connectivity index (χ3v) is 2.56. The Labute approximate surface area is 81.4 Å². The van der Waals surface area contributed by atoms with Crippen LogP contribution >= 0.6 is 0 Å². The number of nitrogens with one attached hydrogen (secondary N) is 1. The SMILES string of the molecule is O=c1cc(N2CCC(CO)C2)cn[nH]1. The Morgan fingerprint density at radius 2 is 2.57 bits per heavy atom. The molecule has 14 heavy (non-hydrogen) atoms. The molecule has 0 bridgehead atoms. The van der Waals surface area contributed by atoms with E-state index in [1.54, 1.807) is 6.20 Å². The maximum Gasteiger partial charge on any atom is 0.266 e. The molecule has 1 aliphatic rings. The zero-order valence-electron chi connectivity index (χ0n) is 7.81. The first-order chi connectivity index (χ1) is 6.79. The van der Waals surface area contributed by atoms with Crippen molar-refractivity contribution in [2.75, 3.05) is 24.6 Å². The van der Waals surface area contributed by atoms with E-state index in [4.69, 9.17) is 5.11 Å². The number of rotatable bonds is 2. The summed E-state index contributed by atoms with van der Waals surface area (Å²) in [6, 6.07) is 1.53. The van der Waals surface area contributed by atoms with E-state index >= 15 is 0 Å². The standard InChI is InChI=1S/C9H13N3O2/c13-6-7-1-2-12(5-7)8-3-9(14)11-10-4-8/h3-4,7,13H,1-2,5-6H2,(H,11,14). The average molecular weight is 195 g/mol. The molecule has 1 saturated heterocycles. The smallest absolute Gasteiger partial charge is 0.266 e. The lowest BCUT2D eigenvalue weighted by Crippen LogP contribution is -2.22. The number of hydrogen-bond acceptors (Lipinski definition) is 4. The Balaban J connectivity index is 2.13. The fourth-order valence-corrected chi connectivity index (χ4v) is 1.76. The highest BCUT2D eigenvalue weighted by molar-refractivity contribution is 5.43. The Bertz CT molecular complexity index is 363. The minimum Gasteiger partial charge on any atom is -0.396 e. The molecule has 2 rings (SSSR count). The molecule has 1 aliphatic heterocycles. The molecule has 5 nitrogen and oxygen atoms in total. The van der Waals surface area contributed by atoms with Gasteiger partial charge in [0, 0.05) is 31.7 Å². The molecule has 0 saturated carbocycles. The summed E-state index contributed by atoms with van der Waals surface area (Å²) in [4.78, 5) is 13.1. The molecule has 1 fully saturated rings. The second-order valence-corrected chi connectivity index (χ2v) is 3.59. The first-order valence-corrected chi connectivity index (χ1v) is 4.70. The van der Waals surface area contributed by atoms with E-state index < -0.39 is 0 Å². The van der Waals surface area contributed by atoms with E-state index in [9.17, 15) is 4.79 Å². The van der Waals surface area contributed by atoms with E-state index in [1.807, 2.05) is 0 Å². The zero-order chi connectivity index (χ0) is 9.97. The van der Waals surface area contributed by atoms with E-state index in [0.29, 0.717) is 5.92 Å². The van der Waals surface area contributed by atoms with Crippen LogP contribution in [0.2, 0.25) is 0 Å². The Morgan fingerprint density at radius 1 is 1.71 bits per heavy atom. The fraction of sp³-hybridized carbons (Fsp3) is 0.556. The van der Waals surface area contributed by atoms with E-state index in [1.165, 1.54) is 6.07 Å². The Hall–Kier alpha value is -1.36. The maximum atomic E-state index is 11.0. The van der Waals surface area contributed by atoms with Gasteiger partial charge in [-0.25, -0.2) is 5.10 Å². The van der Waals surface area contributed by atoms with Crippen LogP contribution in [0, 0.1) is 5.92 Å². The normalized spacial score (nSPS) is 21.5. The maximum absolute atomic E-state index is 11.0. The molecule has 2 N–H and O–H groups in total. The lowest BCUT2D eigenvalue weighted by molar-refractivity contribution is 0.238. The first kappa shape index (κ1) is 9.21. The van der Waals surface area contributed by atoms with Crippen LogP contribution in [0.4, 0.5) is 5.69 Å². The summed E-state index contributed by atoms with van der Waals surface area (Å²) >= 11 is 0. The molecule has 2 heterocycles. The van der Waals surface area contributed by atoms with Crippen molar-refractivity contribution in [3.8, 4) is 0 Å². The summed E-state index contributed by atoms with van der Waals surface area (Å²) in [5.41, 5.74) is 0.652. The van der Waals surface area contributed by atoms with Gasteiger partial charge in [-0.1, -0.05) is 0 Å². The number of aliphatic hydroxyl groups excluding tert-OH is 1. The fourth-order valence-electron chi connectivity index (χ4n) is 1.76. The van der Waals surface area contributed by atoms with Crippen molar-refractivity contribution in [2.45, 2.75) is 6.42 Å². The number of aromatic nitrogens is 2. The van der Waals surface area contributed by atoms with Crippen LogP contribution in [0.5, 0.6) is 0 Å². The number of hydrogen-bond donors (Lipinski definition) is 2. The highest BCUT2D eigenvalue weighted by Crippen LogP contribution is 2.21. The van der Waals surface area contributed by atoms with Gasteiger partial charge in [-0.15, -0.1) is 0 Å². The minimum absolute atomic E-state index is 0.185. The number of aliphatic hydroxyl groups is 1. The van der Waals surface area contributed by atoms with Gasteiger partial charge in [-0.3, -0.25) is 4.79 Å². The van der Waals surface area contributed by atoms with Crippen LogP contribution in [0.3, 0.4) is 0 Å². The zero-order valence-corrected chi connectivity index (χ0v) is 7.81. The molecule has 1 unspecified atom stereocenters. The van der Waals surface area contributed by atoms with Crippen molar-refractivity contribution in [1.82, 2.24) is 10.2 Å². The Morgan fingerprint density at radius 3 is 3.21 bits per heavy atom. The molecule has 1 aromatic rings. The number of anilines is 1. The molecule has 76 valence electrons. The van der Waals surface area contributed by atoms with Crippen LogP contribution < -0.4 is 10.5 Å². The summed E-state index contributed by atoms with van der Waals surface area (Å²) < 4.78 is 0. The van der Waals surface area contributed by atoms with Crippen molar-refractivity contribution in [3.63, 3.8) is 0 Å². The molecule has 5 heteroatoms. The van der Waals surface area contributed by atoms with Crippen LogP contribution in [0.15, 0.2) is 17.1 Å². The van der Waals surface area contributed by atoms with Crippen molar-refractivity contribution in [1.29, 1.82) is 0 Å². The molecule has 0 aliphatic carbocycles. The molecule has 1 aromatic heterocycles. The van der Waals surface area contributed by atoms with Gasteiger partial charge in [-0.05, 0) is 6.42 Å². The lowest BCUT2D eigenvalue weighted by Gasteiger charge is -2.16. The van der Waals surface area contributed by atoms with Gasteiger partial charge in [-0.2, -0.15) is 5.10 Å². The van der Waals surface area contributed by atoms with Crippen LogP contribution in [-0.4, -0.2) is 35.0 Å². The Kier molecular flexibility index (Phi) is 2.49. The highest BCUT2D eigenvalue weighted by Gasteiger charge is 2.22. The van der Waals surface area contributed by atoms with Crippen molar-refractivity contribution < 1.29 is 5.11 Å². The van der Waals surface area contributed by atoms with Crippen LogP contribution in [0.25, 0.3) is 0 Å². The van der Waals surface area contributed by atoms with E-state index in [2.05, 4.69) is 15.1 Å². The van der Waals surface area contributed by atoms with Crippen molar-refractivity contribution >= 4 is 5.69 Å². The number of aromatic amines is 1. The monoisotopic (exact) mass is 195 g/mol. The number of nitrogens with zero attached hydrogens (tertiary/aromatic N) is 2. The van der Waals surface area contributed by atoms with Gasteiger partial charge in [0.2, 0.25) is 0 Å². The third-order valence-electron chi connectivity index (χ3n) is 2.56. The van der Waals surface area contributed by atoms with Gasteiger partial charge >= 0.3 is 0 Å². The minimum atomic E-state index is -0.185. The largest absolute Gasteiger partial charge is 0.396 e. The molecule has 0 aromatic carbocycles. The van der Waals surface area contributed by atoms with Crippen molar-refractivity contribution in [2.24, 2.45) is 5.92 Å². The average Bonchev–Trinajstić information content (AvgIpc) is 2.66. The molecule has 0 radical (unpaired) electrons. The summed E-state index contributed by atoms with van der Waals surface area (Å²) in [5.74, 6) is 0.328. The molecule has 0 amide bonds. The summed E-state index contributed by atoms with van der Waals surface area (Å²) in [7, 11) is 0. The predicted molar refractivity (Wildman–Crippen MR) is 52.3 cm³/mol. The number of H-pyrrole nitrogens is 1. The topological polar surface area (TPSA) is 69.2 Å². The lowest BCUT2D eigenvalue weighted by atomic mass is 10.1. The van der Waals surface area contributed by atoms with Gasteiger partial charge in [0.25, 0.3) is 5.56 Å². The van der Waals surface area contributed by atoms with Gasteiger partial charge in [0.1, 0.15) is 0 Å². The first-order valence-electron chi connectivity index (χ1n) is 4.70. The van der Waals surface area contributed by atoms with Crippen LogP contribution in [-0.2, 0) is 0 Å². The molecule has 1 atom stereocenters. The summed E-state index contributed by atoms with van der Waals surface area (Å²) in [6.45, 7) is 1.91. The summed E-state index contributed by atoms with van der Waals surface area (Å²) in [5, 5.41) is 15.1. The molecular formula is C9H13N3O2. The quantitative estimate of drug-likeness (QED) is 0.673. The molecular weight excluding hydrogens is 182 g/mol. The van der Waals surface area contributed by atoms with Gasteiger partial charge in [0.05, 0.1) is 11.9 Å². The van der Waals surface area contributed by atoms with Crippen LogP contribution in [0.1, 0.15) is 6.42 Å². The second kappa shape index (κ2) is 3.79. The van der Waals surface area contributed by atoms with E-state index in [-0.39, 0.29) is 12.2 Å². The molecule has 0 spiro atoms. The predicted octanol–water partition coefficient (Wildman–Crippen LogP) is -0.412. The second-order valence-electron chi connectivity index (χ2n) is 3.59. The third kappa shape index (κ3) is 1.77. The van der Waals surface area contributed by atoms with Gasteiger partial charge < -0.3 is 10.0 Å². The summed E-state index contributed by atoms with van der Waals surface area (Å²) in [6.07, 6.45) is 2.62.